The molecule has 2 heteroatoms. The van der Waals surface area contributed by atoms with E-state index < -0.39 is 0 Å². The van der Waals surface area contributed by atoms with Crippen molar-refractivity contribution in [1.29, 1.82) is 0 Å². The number of benzene rings is 4. The molecule has 0 aliphatic heterocycles. The Kier molecular flexibility index (Phi) is 8.98. The molecular formula is C32H33BrO. The Morgan fingerprint density at radius 1 is 0.529 bits per heavy atom. The molecule has 0 atom stereocenters. The Balaban J connectivity index is 1.42. The molecule has 0 aliphatic carbocycles. The molecule has 0 bridgehead atoms. The first-order chi connectivity index (χ1) is 16.8. The third-order valence-electron chi connectivity index (χ3n) is 6.59. The van der Waals surface area contributed by atoms with Crippen molar-refractivity contribution >= 4 is 15.9 Å². The molecule has 4 rings (SSSR count). The number of hydrogen-bond acceptors (Lipinski definition) is 1. The third-order valence-corrected chi connectivity index (χ3v) is 7.24. The molecule has 0 heterocycles. The van der Waals surface area contributed by atoms with Crippen LogP contribution in [-0.4, -0.2) is 6.61 Å². The van der Waals surface area contributed by atoms with E-state index in [1.165, 1.54) is 41.5 Å². The summed E-state index contributed by atoms with van der Waals surface area (Å²) in [7, 11) is 0. The highest BCUT2D eigenvalue weighted by atomic mass is 79.9. The van der Waals surface area contributed by atoms with E-state index in [0.29, 0.717) is 0 Å². The van der Waals surface area contributed by atoms with E-state index in [1.54, 1.807) is 0 Å². The second kappa shape index (κ2) is 12.6. The fraction of sp³-hybridized carbons (Fsp3) is 0.250. The van der Waals surface area contributed by atoms with Crippen LogP contribution >= 0.6 is 15.9 Å². The summed E-state index contributed by atoms with van der Waals surface area (Å²) in [6.45, 7) is 0.773. The second-order valence-corrected chi connectivity index (χ2v) is 9.35. The maximum Gasteiger partial charge on any atom is 0.119 e. The first-order valence-corrected chi connectivity index (χ1v) is 13.4. The lowest BCUT2D eigenvalue weighted by molar-refractivity contribution is 0.303. The standard InChI is InChI=1S/C32H33BrO/c33-26-27-20-22-31(23-21-27)34-25-13-2-1-12-24-32(28-14-6-3-7-15-28,29-16-8-4-9-17-29)30-18-10-5-11-19-30/h3-11,14-23H,1-2,12-13,24-26H2. The minimum Gasteiger partial charge on any atom is -0.494 e. The maximum atomic E-state index is 5.95. The summed E-state index contributed by atoms with van der Waals surface area (Å²) in [5.74, 6) is 0.959. The lowest BCUT2D eigenvalue weighted by Gasteiger charge is -2.36. The quantitative estimate of drug-likeness (QED) is 0.104. The van der Waals surface area contributed by atoms with Crippen molar-refractivity contribution in [3.8, 4) is 5.75 Å². The average Bonchev–Trinajstić information content (AvgIpc) is 2.92. The van der Waals surface area contributed by atoms with Crippen LogP contribution in [0.3, 0.4) is 0 Å². The van der Waals surface area contributed by atoms with Crippen molar-refractivity contribution in [3.05, 3.63) is 138 Å². The van der Waals surface area contributed by atoms with E-state index in [9.17, 15) is 0 Å². The van der Waals surface area contributed by atoms with Crippen LogP contribution in [0.4, 0.5) is 0 Å². The highest BCUT2D eigenvalue weighted by Crippen LogP contribution is 2.43. The van der Waals surface area contributed by atoms with Crippen molar-refractivity contribution in [2.24, 2.45) is 0 Å². The van der Waals surface area contributed by atoms with Gasteiger partial charge >= 0.3 is 0 Å². The van der Waals surface area contributed by atoms with Gasteiger partial charge in [-0.05, 0) is 47.2 Å². The highest BCUT2D eigenvalue weighted by molar-refractivity contribution is 9.08. The van der Waals surface area contributed by atoms with Crippen LogP contribution in [0.2, 0.25) is 0 Å². The third kappa shape index (κ3) is 5.98. The van der Waals surface area contributed by atoms with Crippen molar-refractivity contribution in [3.63, 3.8) is 0 Å². The van der Waals surface area contributed by atoms with E-state index in [-0.39, 0.29) is 5.41 Å². The molecule has 34 heavy (non-hydrogen) atoms. The minimum absolute atomic E-state index is 0.141. The molecule has 0 aliphatic rings. The summed E-state index contributed by atoms with van der Waals surface area (Å²) < 4.78 is 5.95. The predicted octanol–water partition coefficient (Wildman–Crippen LogP) is 8.95. The Morgan fingerprint density at radius 3 is 1.47 bits per heavy atom. The molecule has 0 radical (unpaired) electrons. The van der Waals surface area contributed by atoms with Gasteiger partial charge in [0.1, 0.15) is 5.75 Å². The second-order valence-electron chi connectivity index (χ2n) is 8.79. The summed E-state index contributed by atoms with van der Waals surface area (Å²) in [6.07, 6.45) is 5.70. The molecule has 0 fully saturated rings. The summed E-state index contributed by atoms with van der Waals surface area (Å²) in [6, 6.07) is 41.4. The number of unbranched alkanes of at least 4 members (excludes halogenated alkanes) is 3. The molecule has 0 saturated carbocycles. The highest BCUT2D eigenvalue weighted by Gasteiger charge is 2.35. The van der Waals surface area contributed by atoms with Gasteiger partial charge in [-0.2, -0.15) is 0 Å². The van der Waals surface area contributed by atoms with Gasteiger partial charge in [-0.25, -0.2) is 0 Å². The van der Waals surface area contributed by atoms with Crippen LogP contribution in [0.1, 0.15) is 54.4 Å². The van der Waals surface area contributed by atoms with Crippen LogP contribution in [0.25, 0.3) is 0 Å². The monoisotopic (exact) mass is 512 g/mol. The van der Waals surface area contributed by atoms with E-state index in [1.807, 2.05) is 0 Å². The van der Waals surface area contributed by atoms with Crippen molar-refractivity contribution in [1.82, 2.24) is 0 Å². The van der Waals surface area contributed by atoms with Crippen molar-refractivity contribution in [2.75, 3.05) is 6.61 Å². The van der Waals surface area contributed by atoms with Gasteiger partial charge < -0.3 is 4.74 Å². The molecule has 0 unspecified atom stereocenters. The van der Waals surface area contributed by atoms with Crippen LogP contribution in [0, 0.1) is 0 Å². The number of ether oxygens (including phenoxy) is 1. The topological polar surface area (TPSA) is 9.23 Å². The first-order valence-electron chi connectivity index (χ1n) is 12.3. The summed E-state index contributed by atoms with van der Waals surface area (Å²) >= 11 is 3.49. The number of halogens is 1. The Morgan fingerprint density at radius 2 is 1.00 bits per heavy atom. The van der Waals surface area contributed by atoms with E-state index in [4.69, 9.17) is 4.74 Å². The molecule has 0 amide bonds. The van der Waals surface area contributed by atoms with E-state index in [2.05, 4.69) is 131 Å². The molecule has 4 aromatic carbocycles. The molecule has 0 aromatic heterocycles. The zero-order chi connectivity index (χ0) is 23.5. The lowest BCUT2D eigenvalue weighted by Crippen LogP contribution is -2.29. The Hall–Kier alpha value is -2.84. The molecule has 1 nitrogen and oxygen atoms in total. The Labute approximate surface area is 213 Å². The fourth-order valence-corrected chi connectivity index (χ4v) is 5.19. The minimum atomic E-state index is -0.141. The summed E-state index contributed by atoms with van der Waals surface area (Å²) in [4.78, 5) is 0. The van der Waals surface area contributed by atoms with Gasteiger partial charge in [0.15, 0.2) is 0 Å². The SMILES string of the molecule is BrCc1ccc(OCCCCCCC(c2ccccc2)(c2ccccc2)c2ccccc2)cc1. The van der Waals surface area contributed by atoms with Crippen LogP contribution in [0.15, 0.2) is 115 Å². The molecule has 4 aromatic rings. The zero-order valence-electron chi connectivity index (χ0n) is 19.7. The number of rotatable bonds is 12. The van der Waals surface area contributed by atoms with E-state index in [0.717, 1.165) is 30.5 Å². The number of alkyl halides is 1. The fourth-order valence-electron chi connectivity index (χ4n) is 4.81. The van der Waals surface area contributed by atoms with Gasteiger partial charge in [0, 0.05) is 10.7 Å². The lowest BCUT2D eigenvalue weighted by atomic mass is 9.66. The van der Waals surface area contributed by atoms with Crippen molar-refractivity contribution < 1.29 is 4.74 Å². The normalized spacial score (nSPS) is 11.3. The molecule has 0 N–H and O–H groups in total. The van der Waals surface area contributed by atoms with Gasteiger partial charge in [-0.3, -0.25) is 0 Å². The predicted molar refractivity (Wildman–Crippen MR) is 147 cm³/mol. The molecular weight excluding hydrogens is 480 g/mol. The first kappa shape index (κ1) is 24.3. The smallest absolute Gasteiger partial charge is 0.119 e. The van der Waals surface area contributed by atoms with Gasteiger partial charge in [-0.1, -0.05) is 138 Å². The average molecular weight is 514 g/mol. The number of hydrogen-bond donors (Lipinski definition) is 0. The van der Waals surface area contributed by atoms with E-state index >= 15 is 0 Å². The van der Waals surface area contributed by atoms with Crippen LogP contribution in [-0.2, 0) is 10.7 Å². The molecule has 174 valence electrons. The van der Waals surface area contributed by atoms with Crippen molar-refractivity contribution in [2.45, 2.75) is 42.8 Å². The van der Waals surface area contributed by atoms with Gasteiger partial charge in [0.2, 0.25) is 0 Å². The van der Waals surface area contributed by atoms with Gasteiger partial charge in [-0.15, -0.1) is 0 Å². The Bertz CT molecular complexity index is 995. The summed E-state index contributed by atoms with van der Waals surface area (Å²) in [5, 5.41) is 0.879. The zero-order valence-corrected chi connectivity index (χ0v) is 21.3. The van der Waals surface area contributed by atoms with Crippen LogP contribution in [0.5, 0.6) is 5.75 Å². The molecule has 0 saturated heterocycles. The van der Waals surface area contributed by atoms with Crippen LogP contribution < -0.4 is 4.74 Å². The molecule has 0 spiro atoms. The largest absolute Gasteiger partial charge is 0.494 e. The maximum absolute atomic E-state index is 5.95. The van der Waals surface area contributed by atoms with Gasteiger partial charge in [0.25, 0.3) is 0 Å². The summed E-state index contributed by atoms with van der Waals surface area (Å²) in [5.41, 5.74) is 5.22. The van der Waals surface area contributed by atoms with Gasteiger partial charge in [0.05, 0.1) is 6.61 Å².